The van der Waals surface area contributed by atoms with Crippen molar-refractivity contribution in [3.05, 3.63) is 0 Å². The summed E-state index contributed by atoms with van der Waals surface area (Å²) >= 11 is 0. The van der Waals surface area contributed by atoms with E-state index in [-0.39, 0.29) is 17.9 Å². The molecule has 1 rings (SSSR count). The van der Waals surface area contributed by atoms with E-state index >= 15 is 0 Å². The Labute approximate surface area is 96.4 Å². The molecule has 16 heavy (non-hydrogen) atoms. The lowest BCUT2D eigenvalue weighted by atomic mass is 10.2. The van der Waals surface area contributed by atoms with Crippen LogP contribution < -0.4 is 16.0 Å². The minimum absolute atomic E-state index is 0.0725. The summed E-state index contributed by atoms with van der Waals surface area (Å²) in [5.41, 5.74) is 0. The molecular formula is C11H21N3O2. The summed E-state index contributed by atoms with van der Waals surface area (Å²) in [6.07, 6.45) is 2.78. The summed E-state index contributed by atoms with van der Waals surface area (Å²) in [6, 6.07) is -0.581. The van der Waals surface area contributed by atoms with Gasteiger partial charge in [0.25, 0.3) is 0 Å². The molecule has 1 saturated heterocycles. The van der Waals surface area contributed by atoms with Gasteiger partial charge in [0.15, 0.2) is 0 Å². The smallest absolute Gasteiger partial charge is 0.242 e. The maximum atomic E-state index is 11.7. The van der Waals surface area contributed by atoms with Gasteiger partial charge in [-0.2, -0.15) is 0 Å². The molecule has 0 aliphatic carbocycles. The lowest BCUT2D eigenvalue weighted by Crippen LogP contribution is -2.50. The van der Waals surface area contributed by atoms with Gasteiger partial charge in [0, 0.05) is 6.54 Å². The van der Waals surface area contributed by atoms with E-state index in [1.807, 2.05) is 6.92 Å². The Kier molecular flexibility index (Phi) is 5.25. The maximum absolute atomic E-state index is 11.7. The van der Waals surface area contributed by atoms with Gasteiger partial charge in [-0.3, -0.25) is 9.59 Å². The van der Waals surface area contributed by atoms with Crippen molar-refractivity contribution in [1.29, 1.82) is 0 Å². The van der Waals surface area contributed by atoms with Crippen LogP contribution in [0.2, 0.25) is 0 Å². The fourth-order valence-corrected chi connectivity index (χ4v) is 1.69. The summed E-state index contributed by atoms with van der Waals surface area (Å²) in [5, 5.41) is 8.57. The molecule has 0 radical (unpaired) electrons. The molecule has 0 unspecified atom stereocenters. The number of amides is 2. The lowest BCUT2D eigenvalue weighted by molar-refractivity contribution is -0.129. The van der Waals surface area contributed by atoms with Gasteiger partial charge in [-0.15, -0.1) is 0 Å². The number of rotatable bonds is 5. The van der Waals surface area contributed by atoms with Crippen molar-refractivity contribution in [3.63, 3.8) is 0 Å². The largest absolute Gasteiger partial charge is 0.354 e. The van der Waals surface area contributed by atoms with Crippen molar-refractivity contribution in [2.75, 3.05) is 13.1 Å². The first-order valence-electron chi connectivity index (χ1n) is 5.96. The fraction of sp³-hybridized carbons (Fsp3) is 0.818. The van der Waals surface area contributed by atoms with Crippen LogP contribution in [0.1, 0.15) is 33.1 Å². The van der Waals surface area contributed by atoms with Crippen LogP contribution in [0.4, 0.5) is 0 Å². The van der Waals surface area contributed by atoms with Crippen molar-refractivity contribution < 1.29 is 9.59 Å². The zero-order chi connectivity index (χ0) is 12.0. The van der Waals surface area contributed by atoms with Crippen LogP contribution in [0.3, 0.4) is 0 Å². The van der Waals surface area contributed by atoms with Crippen LogP contribution in [0.25, 0.3) is 0 Å². The Morgan fingerprint density at radius 1 is 1.50 bits per heavy atom. The summed E-state index contributed by atoms with van der Waals surface area (Å²) in [7, 11) is 0. The maximum Gasteiger partial charge on any atom is 0.242 e. The van der Waals surface area contributed by atoms with Gasteiger partial charge in [0.2, 0.25) is 11.8 Å². The van der Waals surface area contributed by atoms with E-state index in [0.29, 0.717) is 6.54 Å². The summed E-state index contributed by atoms with van der Waals surface area (Å²) in [4.78, 5) is 23.2. The quantitative estimate of drug-likeness (QED) is 0.607. The molecule has 1 aliphatic heterocycles. The van der Waals surface area contributed by atoms with E-state index < -0.39 is 6.04 Å². The van der Waals surface area contributed by atoms with Crippen LogP contribution in [-0.2, 0) is 9.59 Å². The minimum atomic E-state index is -0.457. The molecule has 3 N–H and O–H groups in total. The van der Waals surface area contributed by atoms with Crippen molar-refractivity contribution >= 4 is 11.8 Å². The lowest BCUT2D eigenvalue weighted by Gasteiger charge is -2.16. The van der Waals surface area contributed by atoms with Gasteiger partial charge in [-0.05, 0) is 32.7 Å². The third-order valence-electron chi connectivity index (χ3n) is 2.68. The Morgan fingerprint density at radius 2 is 2.25 bits per heavy atom. The Morgan fingerprint density at radius 3 is 2.81 bits per heavy atom. The molecule has 1 aliphatic rings. The van der Waals surface area contributed by atoms with E-state index in [1.54, 1.807) is 6.92 Å². The number of carbonyl (C=O) groups is 2. The Hall–Kier alpha value is -1.10. The van der Waals surface area contributed by atoms with Crippen LogP contribution >= 0.6 is 0 Å². The van der Waals surface area contributed by atoms with Gasteiger partial charge in [-0.1, -0.05) is 6.92 Å². The molecule has 0 aromatic rings. The van der Waals surface area contributed by atoms with Gasteiger partial charge < -0.3 is 16.0 Å². The van der Waals surface area contributed by atoms with E-state index in [2.05, 4.69) is 16.0 Å². The highest BCUT2D eigenvalue weighted by Crippen LogP contribution is 2.04. The Bertz CT molecular complexity index is 250. The third-order valence-corrected chi connectivity index (χ3v) is 2.68. The van der Waals surface area contributed by atoms with E-state index in [4.69, 9.17) is 0 Å². The first-order valence-corrected chi connectivity index (χ1v) is 5.96. The van der Waals surface area contributed by atoms with Gasteiger partial charge in [0.05, 0.1) is 6.04 Å². The van der Waals surface area contributed by atoms with Crippen LogP contribution in [-0.4, -0.2) is 37.0 Å². The average molecular weight is 227 g/mol. The molecule has 1 heterocycles. The number of carbonyl (C=O) groups excluding carboxylic acids is 2. The molecule has 0 saturated carbocycles. The fourth-order valence-electron chi connectivity index (χ4n) is 1.69. The van der Waals surface area contributed by atoms with E-state index in [1.165, 1.54) is 0 Å². The standard InChI is InChI=1S/C11H21N3O2/c1-3-6-13-10(15)8(2)14-11(16)9-5-4-7-12-9/h8-9,12H,3-7H2,1-2H3,(H,13,15)(H,14,16)/t8-,9-/m0/s1. The second-order valence-corrected chi connectivity index (χ2v) is 4.17. The highest BCUT2D eigenvalue weighted by molar-refractivity contribution is 5.89. The van der Waals surface area contributed by atoms with E-state index in [9.17, 15) is 9.59 Å². The molecule has 0 bridgehead atoms. The number of hydrogen-bond donors (Lipinski definition) is 3. The van der Waals surface area contributed by atoms with Crippen molar-refractivity contribution in [3.8, 4) is 0 Å². The number of hydrogen-bond acceptors (Lipinski definition) is 3. The third kappa shape index (κ3) is 3.81. The predicted octanol–water partition coefficient (Wildman–Crippen LogP) is -0.231. The topological polar surface area (TPSA) is 70.2 Å². The summed E-state index contributed by atoms with van der Waals surface area (Å²) < 4.78 is 0. The highest BCUT2D eigenvalue weighted by Gasteiger charge is 2.24. The predicted molar refractivity (Wildman–Crippen MR) is 61.9 cm³/mol. The first-order chi connectivity index (χ1) is 7.65. The van der Waals surface area contributed by atoms with Crippen LogP contribution in [0, 0.1) is 0 Å². The molecule has 0 aromatic heterocycles. The molecule has 0 aromatic carbocycles. The molecule has 2 amide bonds. The highest BCUT2D eigenvalue weighted by atomic mass is 16.2. The zero-order valence-electron chi connectivity index (χ0n) is 10.0. The molecule has 0 spiro atoms. The Balaban J connectivity index is 2.29. The summed E-state index contributed by atoms with van der Waals surface area (Å²) in [6.45, 7) is 5.24. The zero-order valence-corrected chi connectivity index (χ0v) is 10.0. The second-order valence-electron chi connectivity index (χ2n) is 4.17. The van der Waals surface area contributed by atoms with Gasteiger partial charge >= 0.3 is 0 Å². The number of nitrogens with one attached hydrogen (secondary N) is 3. The van der Waals surface area contributed by atoms with Gasteiger partial charge in [0.1, 0.15) is 6.04 Å². The van der Waals surface area contributed by atoms with Crippen molar-refractivity contribution in [1.82, 2.24) is 16.0 Å². The second kappa shape index (κ2) is 6.48. The molecule has 5 nitrogen and oxygen atoms in total. The SMILES string of the molecule is CCCNC(=O)[C@H](C)NC(=O)[C@@H]1CCCN1. The molecule has 1 fully saturated rings. The van der Waals surface area contributed by atoms with Crippen LogP contribution in [0.15, 0.2) is 0 Å². The minimum Gasteiger partial charge on any atom is -0.354 e. The molecule has 5 heteroatoms. The molecule has 92 valence electrons. The molecule has 2 atom stereocenters. The van der Waals surface area contributed by atoms with Gasteiger partial charge in [-0.25, -0.2) is 0 Å². The molecular weight excluding hydrogens is 206 g/mol. The first kappa shape index (κ1) is 13.0. The van der Waals surface area contributed by atoms with Crippen molar-refractivity contribution in [2.45, 2.75) is 45.2 Å². The van der Waals surface area contributed by atoms with Crippen molar-refractivity contribution in [2.24, 2.45) is 0 Å². The average Bonchev–Trinajstić information content (AvgIpc) is 2.79. The van der Waals surface area contributed by atoms with E-state index in [0.717, 1.165) is 25.8 Å². The monoisotopic (exact) mass is 227 g/mol. The normalized spacial score (nSPS) is 21.5. The van der Waals surface area contributed by atoms with Crippen LogP contribution in [0.5, 0.6) is 0 Å². The summed E-state index contributed by atoms with van der Waals surface area (Å²) in [5.74, 6) is -0.190.